The first-order chi connectivity index (χ1) is 5.83. The Labute approximate surface area is 70.1 Å². The van der Waals surface area contributed by atoms with Crippen molar-refractivity contribution in [2.45, 2.75) is 6.10 Å². The number of aromatic nitrogens is 2. The van der Waals surface area contributed by atoms with Gasteiger partial charge in [0.25, 0.3) is 0 Å². The van der Waals surface area contributed by atoms with Gasteiger partial charge in [-0.15, -0.1) is 5.10 Å². The molecule has 1 rings (SSSR count). The monoisotopic (exact) mass is 169 g/mol. The van der Waals surface area contributed by atoms with Gasteiger partial charge in [-0.1, -0.05) is 0 Å². The summed E-state index contributed by atoms with van der Waals surface area (Å²) in [5.74, 6) is 0.588. The van der Waals surface area contributed by atoms with Crippen molar-refractivity contribution in [2.75, 3.05) is 18.5 Å². The van der Waals surface area contributed by atoms with Gasteiger partial charge in [0.2, 0.25) is 0 Å². The molecular weight excluding hydrogens is 158 g/mol. The highest BCUT2D eigenvalue weighted by Crippen LogP contribution is 1.97. The molecule has 0 saturated carbocycles. The molecule has 5 heteroatoms. The van der Waals surface area contributed by atoms with E-state index in [0.717, 1.165) is 0 Å². The molecule has 0 saturated heterocycles. The Morgan fingerprint density at radius 3 is 3.00 bits per heavy atom. The normalized spacial score (nSPS) is 12.5. The first-order valence-corrected chi connectivity index (χ1v) is 3.63. The second-order valence-corrected chi connectivity index (χ2v) is 2.33. The van der Waals surface area contributed by atoms with Gasteiger partial charge in [-0.3, -0.25) is 0 Å². The highest BCUT2D eigenvalue weighted by Gasteiger charge is 2.00. The highest BCUT2D eigenvalue weighted by molar-refractivity contribution is 5.31. The van der Waals surface area contributed by atoms with Crippen molar-refractivity contribution in [2.24, 2.45) is 0 Å². The third-order valence-electron chi connectivity index (χ3n) is 1.30. The van der Waals surface area contributed by atoms with E-state index in [9.17, 15) is 0 Å². The molecule has 66 valence electrons. The van der Waals surface area contributed by atoms with Crippen LogP contribution in [-0.4, -0.2) is 39.7 Å². The van der Waals surface area contributed by atoms with E-state index in [2.05, 4.69) is 15.5 Å². The summed E-state index contributed by atoms with van der Waals surface area (Å²) < 4.78 is 0. The predicted octanol–water partition coefficient (Wildman–Crippen LogP) is -0.758. The third kappa shape index (κ3) is 2.81. The van der Waals surface area contributed by atoms with Crippen LogP contribution in [0.4, 0.5) is 5.82 Å². The van der Waals surface area contributed by atoms with Gasteiger partial charge >= 0.3 is 0 Å². The second kappa shape index (κ2) is 4.63. The molecule has 0 aromatic carbocycles. The van der Waals surface area contributed by atoms with Gasteiger partial charge in [-0.05, 0) is 12.1 Å². The molecule has 12 heavy (non-hydrogen) atoms. The lowest BCUT2D eigenvalue weighted by Crippen LogP contribution is -2.23. The fourth-order valence-corrected chi connectivity index (χ4v) is 0.683. The van der Waals surface area contributed by atoms with E-state index in [-0.39, 0.29) is 13.2 Å². The summed E-state index contributed by atoms with van der Waals surface area (Å²) in [6, 6.07) is 3.47. The van der Waals surface area contributed by atoms with Crippen LogP contribution in [0.15, 0.2) is 18.3 Å². The van der Waals surface area contributed by atoms with E-state index in [1.54, 1.807) is 18.3 Å². The maximum atomic E-state index is 8.96. The van der Waals surface area contributed by atoms with E-state index in [1.165, 1.54) is 0 Å². The van der Waals surface area contributed by atoms with Crippen molar-refractivity contribution in [3.05, 3.63) is 18.3 Å². The zero-order chi connectivity index (χ0) is 8.81. The minimum Gasteiger partial charge on any atom is -0.394 e. The quantitative estimate of drug-likeness (QED) is 0.552. The average Bonchev–Trinajstić information content (AvgIpc) is 2.16. The molecule has 1 aromatic heterocycles. The Morgan fingerprint density at radius 2 is 2.42 bits per heavy atom. The molecule has 0 spiro atoms. The second-order valence-electron chi connectivity index (χ2n) is 2.33. The van der Waals surface area contributed by atoms with E-state index < -0.39 is 6.10 Å². The summed E-state index contributed by atoms with van der Waals surface area (Å²) in [6.07, 6.45) is 0.806. The van der Waals surface area contributed by atoms with Gasteiger partial charge in [-0.2, -0.15) is 5.10 Å². The number of hydrogen-bond acceptors (Lipinski definition) is 5. The third-order valence-corrected chi connectivity index (χ3v) is 1.30. The van der Waals surface area contributed by atoms with Gasteiger partial charge < -0.3 is 15.5 Å². The first-order valence-electron chi connectivity index (χ1n) is 3.63. The lowest BCUT2D eigenvalue weighted by Gasteiger charge is -2.07. The number of anilines is 1. The molecule has 1 heterocycles. The van der Waals surface area contributed by atoms with Crippen LogP contribution in [0.2, 0.25) is 0 Å². The van der Waals surface area contributed by atoms with E-state index in [0.29, 0.717) is 5.82 Å². The zero-order valence-corrected chi connectivity index (χ0v) is 6.51. The number of hydrogen-bond donors (Lipinski definition) is 3. The SMILES string of the molecule is OCC(O)CNc1cccnn1. The van der Waals surface area contributed by atoms with Crippen LogP contribution in [0.5, 0.6) is 0 Å². The van der Waals surface area contributed by atoms with Gasteiger partial charge in [0, 0.05) is 12.7 Å². The molecule has 0 bridgehead atoms. The van der Waals surface area contributed by atoms with Crippen LogP contribution < -0.4 is 5.32 Å². The summed E-state index contributed by atoms with van der Waals surface area (Å²) in [5.41, 5.74) is 0. The average molecular weight is 169 g/mol. The van der Waals surface area contributed by atoms with Gasteiger partial charge in [0.15, 0.2) is 0 Å². The minimum absolute atomic E-state index is 0.257. The smallest absolute Gasteiger partial charge is 0.148 e. The van der Waals surface area contributed by atoms with Crippen molar-refractivity contribution in [1.82, 2.24) is 10.2 Å². The molecule has 0 aliphatic rings. The minimum atomic E-state index is -0.757. The maximum Gasteiger partial charge on any atom is 0.148 e. The molecule has 0 amide bonds. The summed E-state index contributed by atoms with van der Waals surface area (Å²) in [4.78, 5) is 0. The summed E-state index contributed by atoms with van der Waals surface area (Å²) in [5, 5.41) is 27.6. The first kappa shape index (κ1) is 8.89. The van der Waals surface area contributed by atoms with Crippen molar-refractivity contribution < 1.29 is 10.2 Å². The van der Waals surface area contributed by atoms with Crippen LogP contribution in [0.25, 0.3) is 0 Å². The molecule has 1 atom stereocenters. The molecule has 0 aliphatic heterocycles. The fourth-order valence-electron chi connectivity index (χ4n) is 0.683. The van der Waals surface area contributed by atoms with E-state index >= 15 is 0 Å². The van der Waals surface area contributed by atoms with Crippen LogP contribution >= 0.6 is 0 Å². The van der Waals surface area contributed by atoms with Crippen LogP contribution in [0.3, 0.4) is 0 Å². The van der Waals surface area contributed by atoms with Crippen molar-refractivity contribution >= 4 is 5.82 Å². The summed E-state index contributed by atoms with van der Waals surface area (Å²) >= 11 is 0. The zero-order valence-electron chi connectivity index (χ0n) is 6.51. The standard InChI is InChI=1S/C7H11N3O2/c11-5-6(12)4-8-7-2-1-3-9-10-7/h1-3,6,11-12H,4-5H2,(H,8,10). The Balaban J connectivity index is 2.33. The lowest BCUT2D eigenvalue weighted by atomic mass is 10.4. The molecule has 0 aliphatic carbocycles. The fraction of sp³-hybridized carbons (Fsp3) is 0.429. The maximum absolute atomic E-state index is 8.96. The van der Waals surface area contributed by atoms with Crippen molar-refractivity contribution in [3.8, 4) is 0 Å². The number of aliphatic hydroxyl groups is 2. The number of rotatable bonds is 4. The van der Waals surface area contributed by atoms with E-state index in [1.807, 2.05) is 0 Å². The highest BCUT2D eigenvalue weighted by atomic mass is 16.3. The topological polar surface area (TPSA) is 78.3 Å². The van der Waals surface area contributed by atoms with Crippen LogP contribution in [0.1, 0.15) is 0 Å². The number of aliphatic hydroxyl groups excluding tert-OH is 2. The number of nitrogens with one attached hydrogen (secondary N) is 1. The molecular formula is C7H11N3O2. The van der Waals surface area contributed by atoms with Crippen LogP contribution in [-0.2, 0) is 0 Å². The van der Waals surface area contributed by atoms with Gasteiger partial charge in [-0.25, -0.2) is 0 Å². The van der Waals surface area contributed by atoms with Crippen molar-refractivity contribution in [1.29, 1.82) is 0 Å². The Hall–Kier alpha value is -1.20. The molecule has 0 fully saturated rings. The van der Waals surface area contributed by atoms with Crippen molar-refractivity contribution in [3.63, 3.8) is 0 Å². The Morgan fingerprint density at radius 1 is 1.58 bits per heavy atom. The van der Waals surface area contributed by atoms with Gasteiger partial charge in [0.05, 0.1) is 12.7 Å². The summed E-state index contributed by atoms with van der Waals surface area (Å²) in [7, 11) is 0. The van der Waals surface area contributed by atoms with E-state index in [4.69, 9.17) is 10.2 Å². The molecule has 5 nitrogen and oxygen atoms in total. The molecule has 3 N–H and O–H groups in total. The predicted molar refractivity (Wildman–Crippen MR) is 43.6 cm³/mol. The van der Waals surface area contributed by atoms with Gasteiger partial charge in [0.1, 0.15) is 5.82 Å². The molecule has 0 radical (unpaired) electrons. The van der Waals surface area contributed by atoms with Crippen LogP contribution in [0, 0.1) is 0 Å². The lowest BCUT2D eigenvalue weighted by molar-refractivity contribution is 0.105. The summed E-state index contributed by atoms with van der Waals surface area (Å²) in [6.45, 7) is 0.0163. The Bertz CT molecular complexity index is 217. The molecule has 1 aromatic rings. The number of nitrogens with zero attached hydrogens (tertiary/aromatic N) is 2. The molecule has 1 unspecified atom stereocenters. The Kier molecular flexibility index (Phi) is 3.43. The largest absolute Gasteiger partial charge is 0.394 e.